The Morgan fingerprint density at radius 1 is 1.28 bits per heavy atom. The molecule has 0 fully saturated rings. The lowest BCUT2D eigenvalue weighted by Crippen LogP contribution is -2.19. The van der Waals surface area contributed by atoms with Gasteiger partial charge in [-0.3, -0.25) is 0 Å². The quantitative estimate of drug-likeness (QED) is 0.842. The average Bonchev–Trinajstić information content (AvgIpc) is 2.75. The van der Waals surface area contributed by atoms with E-state index in [9.17, 15) is 0 Å². The van der Waals surface area contributed by atoms with Crippen LogP contribution in [0.2, 0.25) is 0 Å². The van der Waals surface area contributed by atoms with E-state index in [1.165, 1.54) is 16.0 Å². The number of thiophene rings is 1. The zero-order valence-electron chi connectivity index (χ0n) is 10.6. The summed E-state index contributed by atoms with van der Waals surface area (Å²) in [6.45, 7) is 2.16. The highest BCUT2D eigenvalue weighted by atomic mass is 35.5. The number of hydrogen-bond acceptors (Lipinski definition) is 3. The van der Waals surface area contributed by atoms with Crippen molar-refractivity contribution in [2.75, 3.05) is 12.8 Å². The lowest BCUT2D eigenvalue weighted by Gasteiger charge is -2.17. The van der Waals surface area contributed by atoms with Crippen LogP contribution in [-0.4, -0.2) is 7.05 Å². The number of rotatable bonds is 4. The van der Waals surface area contributed by atoms with Crippen molar-refractivity contribution >= 4 is 29.4 Å². The van der Waals surface area contributed by atoms with Crippen LogP contribution < -0.4 is 11.1 Å². The first-order valence-electron chi connectivity index (χ1n) is 5.77. The van der Waals surface area contributed by atoms with Crippen molar-refractivity contribution in [2.24, 2.45) is 0 Å². The van der Waals surface area contributed by atoms with Crippen LogP contribution in [0.4, 0.5) is 5.69 Å². The molecule has 2 rings (SSSR count). The normalized spacial score (nSPS) is 11.9. The summed E-state index contributed by atoms with van der Waals surface area (Å²) < 4.78 is 0. The van der Waals surface area contributed by atoms with Crippen LogP contribution in [0.3, 0.4) is 0 Å². The van der Waals surface area contributed by atoms with Crippen LogP contribution in [0.1, 0.15) is 22.0 Å². The fourth-order valence-corrected chi connectivity index (χ4v) is 3.05. The fourth-order valence-electron chi connectivity index (χ4n) is 2.01. The van der Waals surface area contributed by atoms with Crippen molar-refractivity contribution in [2.45, 2.75) is 19.4 Å². The Hall–Kier alpha value is -1.03. The van der Waals surface area contributed by atoms with Crippen LogP contribution in [0.25, 0.3) is 0 Å². The highest BCUT2D eigenvalue weighted by Crippen LogP contribution is 2.27. The van der Waals surface area contributed by atoms with E-state index in [0.29, 0.717) is 6.04 Å². The minimum atomic E-state index is 0. The molecule has 1 heterocycles. The van der Waals surface area contributed by atoms with E-state index in [2.05, 4.69) is 29.8 Å². The summed E-state index contributed by atoms with van der Waals surface area (Å²) in [4.78, 5) is 1.40. The lowest BCUT2D eigenvalue weighted by molar-refractivity contribution is 0.600. The summed E-state index contributed by atoms with van der Waals surface area (Å²) in [5, 5.41) is 5.52. The number of likely N-dealkylation sites (N-methyl/N-ethyl adjacent to an activating group) is 1. The second kappa shape index (κ2) is 6.78. The molecule has 0 radical (unpaired) electrons. The van der Waals surface area contributed by atoms with E-state index in [1.807, 2.05) is 25.2 Å². The van der Waals surface area contributed by atoms with E-state index in [4.69, 9.17) is 5.73 Å². The molecule has 0 spiro atoms. The second-order valence-corrected chi connectivity index (χ2v) is 5.16. The van der Waals surface area contributed by atoms with Crippen LogP contribution in [0.5, 0.6) is 0 Å². The molecule has 18 heavy (non-hydrogen) atoms. The number of benzene rings is 1. The van der Waals surface area contributed by atoms with Gasteiger partial charge >= 0.3 is 0 Å². The van der Waals surface area contributed by atoms with Crippen molar-refractivity contribution < 1.29 is 0 Å². The molecular weight excluding hydrogens is 264 g/mol. The Bertz CT molecular complexity index is 496. The molecule has 1 atom stereocenters. The molecule has 0 aliphatic heterocycles. The first-order valence-corrected chi connectivity index (χ1v) is 6.65. The van der Waals surface area contributed by atoms with Crippen LogP contribution >= 0.6 is 23.7 Å². The van der Waals surface area contributed by atoms with Crippen molar-refractivity contribution in [3.63, 3.8) is 0 Å². The van der Waals surface area contributed by atoms with E-state index in [1.54, 1.807) is 11.3 Å². The largest absolute Gasteiger partial charge is 0.399 e. The molecule has 98 valence electrons. The van der Waals surface area contributed by atoms with Crippen LogP contribution in [-0.2, 0) is 6.42 Å². The minimum Gasteiger partial charge on any atom is -0.399 e. The maximum absolute atomic E-state index is 5.99. The predicted molar refractivity (Wildman–Crippen MR) is 82.7 cm³/mol. The van der Waals surface area contributed by atoms with Crippen LogP contribution in [0, 0.1) is 6.92 Å². The van der Waals surface area contributed by atoms with Gasteiger partial charge < -0.3 is 11.1 Å². The van der Waals surface area contributed by atoms with Gasteiger partial charge in [0.15, 0.2) is 0 Å². The van der Waals surface area contributed by atoms with Crippen molar-refractivity contribution in [1.82, 2.24) is 5.32 Å². The minimum absolute atomic E-state index is 0. The molecule has 4 heteroatoms. The van der Waals surface area contributed by atoms with Gasteiger partial charge in [-0.2, -0.15) is 0 Å². The van der Waals surface area contributed by atoms with Crippen LogP contribution in [0.15, 0.2) is 35.7 Å². The molecule has 2 nitrogen and oxygen atoms in total. The van der Waals surface area contributed by atoms with E-state index >= 15 is 0 Å². The first-order chi connectivity index (χ1) is 8.22. The molecule has 0 saturated heterocycles. The molecule has 0 bridgehead atoms. The average molecular weight is 283 g/mol. The SMILES string of the molecule is CNC(Cc1ccccc1N)c1sccc1C.Cl. The Morgan fingerprint density at radius 2 is 2.00 bits per heavy atom. The number of nitrogens with two attached hydrogens (primary N) is 1. The number of anilines is 1. The van der Waals surface area contributed by atoms with Gasteiger partial charge in [-0.05, 0) is 49.0 Å². The third-order valence-electron chi connectivity index (χ3n) is 3.05. The molecule has 1 unspecified atom stereocenters. The molecule has 0 saturated carbocycles. The first kappa shape index (κ1) is 15.0. The third-order valence-corrected chi connectivity index (χ3v) is 4.18. The molecule has 3 N–H and O–H groups in total. The zero-order valence-corrected chi connectivity index (χ0v) is 12.3. The maximum Gasteiger partial charge on any atom is 0.0456 e. The van der Waals surface area contributed by atoms with Gasteiger partial charge in [0.2, 0.25) is 0 Å². The van der Waals surface area contributed by atoms with Gasteiger partial charge in [-0.1, -0.05) is 18.2 Å². The number of nitrogen functional groups attached to an aromatic ring is 1. The van der Waals surface area contributed by atoms with E-state index in [-0.39, 0.29) is 12.4 Å². The summed E-state index contributed by atoms with van der Waals surface area (Å²) in [6.07, 6.45) is 0.935. The summed E-state index contributed by atoms with van der Waals surface area (Å²) in [5.41, 5.74) is 9.43. The fraction of sp³-hybridized carbons (Fsp3) is 0.286. The highest BCUT2D eigenvalue weighted by molar-refractivity contribution is 7.10. The zero-order chi connectivity index (χ0) is 12.3. The highest BCUT2D eigenvalue weighted by Gasteiger charge is 2.14. The molecular formula is C14H19ClN2S. The predicted octanol–water partition coefficient (Wildman–Crippen LogP) is 3.56. The van der Waals surface area contributed by atoms with E-state index in [0.717, 1.165) is 12.1 Å². The number of nitrogens with one attached hydrogen (secondary N) is 1. The molecule has 0 aliphatic rings. The van der Waals surface area contributed by atoms with Gasteiger partial charge in [-0.25, -0.2) is 0 Å². The number of aryl methyl sites for hydroxylation is 1. The Morgan fingerprint density at radius 3 is 2.56 bits per heavy atom. The van der Waals surface area contributed by atoms with Gasteiger partial charge in [0.25, 0.3) is 0 Å². The summed E-state index contributed by atoms with van der Waals surface area (Å²) >= 11 is 1.80. The van der Waals surface area contributed by atoms with Crippen molar-refractivity contribution in [1.29, 1.82) is 0 Å². The Balaban J connectivity index is 0.00000162. The van der Waals surface area contributed by atoms with Gasteiger partial charge in [-0.15, -0.1) is 23.7 Å². The van der Waals surface area contributed by atoms with Gasteiger partial charge in [0.05, 0.1) is 0 Å². The van der Waals surface area contributed by atoms with E-state index < -0.39 is 0 Å². The lowest BCUT2D eigenvalue weighted by atomic mass is 10.0. The van der Waals surface area contributed by atoms with Gasteiger partial charge in [0, 0.05) is 16.6 Å². The number of para-hydroxylation sites is 1. The molecule has 1 aromatic heterocycles. The smallest absolute Gasteiger partial charge is 0.0456 e. The molecule has 1 aromatic carbocycles. The van der Waals surface area contributed by atoms with Crippen molar-refractivity contribution in [3.05, 3.63) is 51.7 Å². The van der Waals surface area contributed by atoms with Gasteiger partial charge in [0.1, 0.15) is 0 Å². The summed E-state index contributed by atoms with van der Waals surface area (Å²) in [7, 11) is 2.00. The topological polar surface area (TPSA) is 38.0 Å². The number of halogens is 1. The monoisotopic (exact) mass is 282 g/mol. The molecule has 2 aromatic rings. The third kappa shape index (κ3) is 3.25. The van der Waals surface area contributed by atoms with Crippen molar-refractivity contribution in [3.8, 4) is 0 Å². The number of hydrogen-bond donors (Lipinski definition) is 2. The Labute approximate surface area is 119 Å². The maximum atomic E-state index is 5.99. The molecule has 0 aliphatic carbocycles. The Kier molecular flexibility index (Phi) is 5.66. The summed E-state index contributed by atoms with van der Waals surface area (Å²) in [5.74, 6) is 0. The second-order valence-electron chi connectivity index (χ2n) is 4.21. The standard InChI is InChI=1S/C14H18N2S.ClH/c1-10-7-8-17-14(10)13(16-2)9-11-5-3-4-6-12(11)15;/h3-8,13,16H,9,15H2,1-2H3;1H. The molecule has 0 amide bonds. The summed E-state index contributed by atoms with van der Waals surface area (Å²) in [6, 6.07) is 10.6.